The number of rotatable bonds is 8. The maximum atomic E-state index is 2.53. The van der Waals surface area contributed by atoms with Gasteiger partial charge in [-0.15, -0.1) is 0 Å². The first kappa shape index (κ1) is 41.3. The monoisotopic (exact) mass is 796 g/mol. The Balaban J connectivity index is 1.68. The van der Waals surface area contributed by atoms with E-state index in [0.29, 0.717) is 0 Å². The van der Waals surface area contributed by atoms with Crippen LogP contribution in [0.3, 0.4) is 0 Å². The molecule has 2 nitrogen and oxygen atoms in total. The van der Waals surface area contributed by atoms with E-state index >= 15 is 0 Å². The summed E-state index contributed by atoms with van der Waals surface area (Å²) in [6.07, 6.45) is 0. The lowest BCUT2D eigenvalue weighted by Crippen LogP contribution is -2.37. The fourth-order valence-electron chi connectivity index (χ4n) is 8.02. The summed E-state index contributed by atoms with van der Waals surface area (Å²) in [7, 11) is -3.04. The SMILES string of the molecule is Cc1ccc(N(c2ccc([Si](C)(C)C)cc2)c2c3ccc(C(C)(C)C)cc3c(N(c3ccc(C)cc3)c3ccc([Si](C)(C)C)cc3)c3ccc(C(C)(C)C)cc23)cc1. The lowest BCUT2D eigenvalue weighted by Gasteiger charge is -2.34. The molecule has 0 heterocycles. The molecule has 0 aliphatic heterocycles. The molecular formula is C54H64N2Si2. The van der Waals surface area contributed by atoms with Gasteiger partial charge < -0.3 is 9.80 Å². The van der Waals surface area contributed by atoms with Crippen LogP contribution in [0.1, 0.15) is 63.8 Å². The van der Waals surface area contributed by atoms with Gasteiger partial charge in [0.05, 0.1) is 27.5 Å². The van der Waals surface area contributed by atoms with Gasteiger partial charge in [-0.25, -0.2) is 0 Å². The van der Waals surface area contributed by atoms with Gasteiger partial charge in [0.15, 0.2) is 0 Å². The van der Waals surface area contributed by atoms with E-state index in [0.717, 1.165) is 11.4 Å². The van der Waals surface area contributed by atoms with Crippen molar-refractivity contribution in [1.29, 1.82) is 0 Å². The van der Waals surface area contributed by atoms with Crippen molar-refractivity contribution in [2.75, 3.05) is 9.80 Å². The van der Waals surface area contributed by atoms with Crippen LogP contribution >= 0.6 is 0 Å². The van der Waals surface area contributed by atoms with Crippen LogP contribution < -0.4 is 20.2 Å². The molecule has 0 radical (unpaired) electrons. The fourth-order valence-corrected chi connectivity index (χ4v) is 10.4. The number of hydrogen-bond donors (Lipinski definition) is 0. The Morgan fingerprint density at radius 3 is 0.879 bits per heavy atom. The van der Waals surface area contributed by atoms with Crippen LogP contribution in [0.15, 0.2) is 133 Å². The largest absolute Gasteiger partial charge is 0.309 e. The normalized spacial score (nSPS) is 12.7. The molecule has 7 rings (SSSR count). The van der Waals surface area contributed by atoms with Crippen LogP contribution in [0, 0.1) is 13.8 Å². The Morgan fingerprint density at radius 2 is 0.621 bits per heavy atom. The molecule has 298 valence electrons. The Morgan fingerprint density at radius 1 is 0.345 bits per heavy atom. The topological polar surface area (TPSA) is 6.48 Å². The Hall–Kier alpha value is -4.91. The highest BCUT2D eigenvalue weighted by molar-refractivity contribution is 6.89. The number of benzene rings is 7. The number of anilines is 6. The first-order valence-corrected chi connectivity index (χ1v) is 28.1. The highest BCUT2D eigenvalue weighted by Crippen LogP contribution is 2.52. The summed E-state index contributed by atoms with van der Waals surface area (Å²) in [5.74, 6) is 0. The summed E-state index contributed by atoms with van der Waals surface area (Å²) in [6, 6.07) is 51.7. The molecule has 0 atom stereocenters. The molecule has 0 spiro atoms. The van der Waals surface area contributed by atoms with E-state index in [1.807, 2.05) is 0 Å². The van der Waals surface area contributed by atoms with E-state index in [-0.39, 0.29) is 10.8 Å². The second kappa shape index (κ2) is 15.0. The number of nitrogens with zero attached hydrogens (tertiary/aromatic N) is 2. The van der Waals surface area contributed by atoms with Gasteiger partial charge >= 0.3 is 0 Å². The van der Waals surface area contributed by atoms with Gasteiger partial charge in [-0.2, -0.15) is 0 Å². The molecule has 0 N–H and O–H groups in total. The van der Waals surface area contributed by atoms with Crippen molar-refractivity contribution < 1.29 is 0 Å². The second-order valence-corrected chi connectivity index (χ2v) is 30.8. The summed E-state index contributed by atoms with van der Waals surface area (Å²) in [5.41, 5.74) is 12.1. The maximum absolute atomic E-state index is 2.53. The minimum absolute atomic E-state index is 0.0480. The molecule has 0 saturated heterocycles. The molecule has 0 aliphatic rings. The van der Waals surface area contributed by atoms with Gasteiger partial charge in [0.2, 0.25) is 0 Å². The van der Waals surface area contributed by atoms with Gasteiger partial charge in [-0.1, -0.05) is 175 Å². The van der Waals surface area contributed by atoms with E-state index < -0.39 is 16.1 Å². The van der Waals surface area contributed by atoms with Crippen molar-refractivity contribution in [2.24, 2.45) is 0 Å². The lowest BCUT2D eigenvalue weighted by molar-refractivity contribution is 0.590. The predicted molar refractivity (Wildman–Crippen MR) is 264 cm³/mol. The Labute approximate surface area is 351 Å². The minimum Gasteiger partial charge on any atom is -0.309 e. The molecule has 0 fully saturated rings. The highest BCUT2D eigenvalue weighted by Gasteiger charge is 2.29. The molecule has 0 unspecified atom stereocenters. The molecule has 0 bridgehead atoms. The summed E-state index contributed by atoms with van der Waals surface area (Å²) >= 11 is 0. The summed E-state index contributed by atoms with van der Waals surface area (Å²) in [6.45, 7) is 32.9. The Bertz CT molecular complexity index is 2390. The van der Waals surface area contributed by atoms with Crippen LogP contribution in [-0.4, -0.2) is 16.1 Å². The first-order valence-electron chi connectivity index (χ1n) is 21.1. The van der Waals surface area contributed by atoms with Gasteiger partial charge in [-0.05, 0) is 96.5 Å². The molecule has 0 amide bonds. The zero-order valence-electron chi connectivity index (χ0n) is 37.6. The second-order valence-electron chi connectivity index (χ2n) is 20.7. The van der Waals surface area contributed by atoms with Crippen LogP contribution in [0.2, 0.25) is 39.3 Å². The van der Waals surface area contributed by atoms with Crippen molar-refractivity contribution in [2.45, 2.75) is 106 Å². The third kappa shape index (κ3) is 8.19. The summed E-state index contributed by atoms with van der Waals surface area (Å²) < 4.78 is 0. The highest BCUT2D eigenvalue weighted by atomic mass is 28.3. The number of fused-ring (bicyclic) bond motifs is 2. The van der Waals surface area contributed by atoms with Crippen molar-refractivity contribution in [3.05, 3.63) is 156 Å². The average molecular weight is 797 g/mol. The Kier molecular flexibility index (Phi) is 10.7. The molecule has 7 aromatic rings. The number of aryl methyl sites for hydroxylation is 2. The van der Waals surface area contributed by atoms with E-state index in [2.05, 4.69) is 238 Å². The minimum atomic E-state index is -1.52. The van der Waals surface area contributed by atoms with Crippen molar-refractivity contribution in [3.63, 3.8) is 0 Å². The van der Waals surface area contributed by atoms with Gasteiger partial charge in [0, 0.05) is 44.3 Å². The van der Waals surface area contributed by atoms with E-state index in [1.165, 1.54) is 76.9 Å². The molecule has 4 heteroatoms. The zero-order chi connectivity index (χ0) is 41.9. The summed E-state index contributed by atoms with van der Waals surface area (Å²) in [5, 5.41) is 7.86. The van der Waals surface area contributed by atoms with E-state index in [4.69, 9.17) is 0 Å². The lowest BCUT2D eigenvalue weighted by atomic mass is 9.82. The van der Waals surface area contributed by atoms with Crippen LogP contribution in [0.25, 0.3) is 21.5 Å². The smallest absolute Gasteiger partial charge is 0.0775 e. The van der Waals surface area contributed by atoms with Crippen molar-refractivity contribution in [3.8, 4) is 0 Å². The maximum Gasteiger partial charge on any atom is 0.0775 e. The van der Waals surface area contributed by atoms with Gasteiger partial charge in [0.1, 0.15) is 0 Å². The summed E-state index contributed by atoms with van der Waals surface area (Å²) in [4.78, 5) is 5.06. The molecule has 0 saturated carbocycles. The van der Waals surface area contributed by atoms with E-state index in [1.54, 1.807) is 0 Å². The van der Waals surface area contributed by atoms with Crippen LogP contribution in [0.5, 0.6) is 0 Å². The molecule has 0 aromatic heterocycles. The third-order valence-electron chi connectivity index (χ3n) is 11.8. The average Bonchev–Trinajstić information content (AvgIpc) is 3.15. The van der Waals surface area contributed by atoms with Crippen LogP contribution in [-0.2, 0) is 10.8 Å². The third-order valence-corrected chi connectivity index (χ3v) is 15.9. The molecule has 7 aromatic carbocycles. The first-order chi connectivity index (χ1) is 27.1. The predicted octanol–water partition coefficient (Wildman–Crippen LogP) is 15.2. The van der Waals surface area contributed by atoms with Crippen LogP contribution in [0.4, 0.5) is 34.1 Å². The van der Waals surface area contributed by atoms with Crippen molar-refractivity contribution >= 4 is 82.2 Å². The zero-order valence-corrected chi connectivity index (χ0v) is 39.6. The quantitative estimate of drug-likeness (QED) is 0.0859. The number of hydrogen-bond acceptors (Lipinski definition) is 2. The van der Waals surface area contributed by atoms with Gasteiger partial charge in [0.25, 0.3) is 0 Å². The fraction of sp³-hybridized carbons (Fsp3) is 0.296. The molecular weight excluding hydrogens is 733 g/mol. The molecule has 58 heavy (non-hydrogen) atoms. The molecule has 0 aliphatic carbocycles. The van der Waals surface area contributed by atoms with Gasteiger partial charge in [-0.3, -0.25) is 0 Å². The van der Waals surface area contributed by atoms with E-state index in [9.17, 15) is 0 Å². The standard InChI is InChI=1S/C54H64N2Si2/c1-37-15-21-41(22-16-37)55(43-25-29-45(30-26-43)57(9,10)11)51-47-33-19-40(54(6,7)8)36-50(47)52(48-34-20-39(35-49(48)51)53(3,4)5)56(42-23-17-38(2)18-24-42)44-27-31-46(32-28-44)58(12,13)14/h15-36H,1-14H3. The van der Waals surface area contributed by atoms with Crippen molar-refractivity contribution in [1.82, 2.24) is 0 Å².